The topological polar surface area (TPSA) is 52.6 Å². The van der Waals surface area contributed by atoms with Crippen molar-refractivity contribution in [3.05, 3.63) is 0 Å². The Labute approximate surface area is 130 Å². The van der Waals surface area contributed by atoms with E-state index in [9.17, 15) is 9.59 Å². The first-order valence-electron chi connectivity index (χ1n) is 8.17. The molecule has 0 heterocycles. The Kier molecular flexibility index (Phi) is 9.12. The number of carbonyl (C=O) groups excluding carboxylic acids is 2. The Morgan fingerprint density at radius 3 is 1.48 bits per heavy atom. The van der Waals surface area contributed by atoms with Gasteiger partial charge >= 0.3 is 129 Å². The average Bonchev–Trinajstić information content (AvgIpc) is 2.49. The summed E-state index contributed by atoms with van der Waals surface area (Å²) in [5, 5.41) is 0. The van der Waals surface area contributed by atoms with Crippen LogP contribution in [0.1, 0.15) is 59.3 Å². The minimum absolute atomic E-state index is 0.805. The zero-order valence-corrected chi connectivity index (χ0v) is 15.3. The van der Waals surface area contributed by atoms with Gasteiger partial charge in [-0.3, -0.25) is 0 Å². The number of methoxy groups -OCH3 is 1. The standard InChI is InChI=1S/C16H33O4P/c1-6-9-12-21(5,13-10-7-2,14-11-8-3)20-16(18)15(17)19-4/h6-14H2,1-5H3. The summed E-state index contributed by atoms with van der Waals surface area (Å²) >= 11 is 0. The van der Waals surface area contributed by atoms with Crippen LogP contribution in [0.3, 0.4) is 0 Å². The molecule has 0 aliphatic heterocycles. The fourth-order valence-electron chi connectivity index (χ4n) is 2.66. The predicted octanol–water partition coefficient (Wildman–Crippen LogP) is 4.20. The number of hydrogen-bond donors (Lipinski definition) is 0. The van der Waals surface area contributed by atoms with Gasteiger partial charge in [-0.05, 0) is 0 Å². The summed E-state index contributed by atoms with van der Waals surface area (Å²) in [4.78, 5) is 23.5. The van der Waals surface area contributed by atoms with Crippen LogP contribution in [0.5, 0.6) is 0 Å². The number of esters is 1. The summed E-state index contributed by atoms with van der Waals surface area (Å²) in [7, 11) is 1.22. The van der Waals surface area contributed by atoms with Crippen LogP contribution in [0.2, 0.25) is 0 Å². The molecule has 0 saturated heterocycles. The van der Waals surface area contributed by atoms with E-state index in [1.807, 2.05) is 0 Å². The summed E-state index contributed by atoms with van der Waals surface area (Å²) in [6, 6.07) is 0. The van der Waals surface area contributed by atoms with Gasteiger partial charge in [0, 0.05) is 0 Å². The number of rotatable bonds is 10. The fraction of sp³-hybridized carbons (Fsp3) is 0.875. The van der Waals surface area contributed by atoms with Gasteiger partial charge in [-0.1, -0.05) is 0 Å². The number of hydrogen-bond acceptors (Lipinski definition) is 4. The van der Waals surface area contributed by atoms with E-state index in [4.69, 9.17) is 4.52 Å². The van der Waals surface area contributed by atoms with Gasteiger partial charge < -0.3 is 0 Å². The molecule has 0 bridgehead atoms. The minimum atomic E-state index is -2.64. The quantitative estimate of drug-likeness (QED) is 0.344. The Bertz CT molecular complexity index is 317. The van der Waals surface area contributed by atoms with E-state index in [1.165, 1.54) is 7.11 Å². The third-order valence-electron chi connectivity index (χ3n) is 4.15. The maximum atomic E-state index is 12.0. The van der Waals surface area contributed by atoms with Crippen LogP contribution >= 0.6 is 6.83 Å². The van der Waals surface area contributed by atoms with Crippen molar-refractivity contribution in [1.29, 1.82) is 0 Å². The van der Waals surface area contributed by atoms with Crippen LogP contribution in [-0.4, -0.2) is 44.2 Å². The summed E-state index contributed by atoms with van der Waals surface area (Å²) in [5.74, 6) is -1.68. The molecular formula is C16H33O4P. The molecule has 0 aromatic carbocycles. The van der Waals surface area contributed by atoms with Crippen molar-refractivity contribution in [2.24, 2.45) is 0 Å². The first-order valence-corrected chi connectivity index (χ1v) is 11.3. The van der Waals surface area contributed by atoms with E-state index in [1.54, 1.807) is 0 Å². The molecule has 0 fully saturated rings. The molecule has 4 nitrogen and oxygen atoms in total. The SMILES string of the molecule is CCCCP(C)(CCCC)(CCCC)OC(=O)C(=O)OC. The Hall–Kier alpha value is -0.630. The monoisotopic (exact) mass is 320 g/mol. The van der Waals surface area contributed by atoms with Crippen molar-refractivity contribution in [2.75, 3.05) is 32.3 Å². The second kappa shape index (κ2) is 9.40. The van der Waals surface area contributed by atoms with E-state index in [0.29, 0.717) is 0 Å². The molecule has 0 atom stereocenters. The summed E-state index contributed by atoms with van der Waals surface area (Å²) < 4.78 is 10.4. The van der Waals surface area contributed by atoms with Crippen LogP contribution in [0, 0.1) is 0 Å². The van der Waals surface area contributed by atoms with Crippen molar-refractivity contribution < 1.29 is 18.8 Å². The number of carbonyl (C=O) groups is 2. The molecule has 126 valence electrons. The Morgan fingerprint density at radius 2 is 1.19 bits per heavy atom. The number of ether oxygens (including phenoxy) is 1. The van der Waals surface area contributed by atoms with Crippen molar-refractivity contribution >= 4 is 18.8 Å². The molecule has 0 aromatic rings. The van der Waals surface area contributed by atoms with E-state index >= 15 is 0 Å². The van der Waals surface area contributed by atoms with Gasteiger partial charge in [0.25, 0.3) is 0 Å². The van der Waals surface area contributed by atoms with Gasteiger partial charge in [-0.2, -0.15) is 0 Å². The molecule has 0 saturated carbocycles. The van der Waals surface area contributed by atoms with Crippen LogP contribution < -0.4 is 0 Å². The van der Waals surface area contributed by atoms with Gasteiger partial charge in [0.2, 0.25) is 0 Å². The zero-order valence-electron chi connectivity index (χ0n) is 14.4. The normalized spacial score (nSPS) is 13.3. The van der Waals surface area contributed by atoms with E-state index < -0.39 is 18.8 Å². The maximum absolute atomic E-state index is 12.0. The van der Waals surface area contributed by atoms with Crippen molar-refractivity contribution in [1.82, 2.24) is 0 Å². The molecule has 0 rings (SSSR count). The Balaban J connectivity index is 5.31. The third kappa shape index (κ3) is 6.78. The Morgan fingerprint density at radius 1 is 0.810 bits per heavy atom. The van der Waals surface area contributed by atoms with E-state index in [2.05, 4.69) is 32.2 Å². The fourth-order valence-corrected chi connectivity index (χ4v) is 7.83. The van der Waals surface area contributed by atoms with E-state index in [-0.39, 0.29) is 0 Å². The van der Waals surface area contributed by atoms with Gasteiger partial charge in [0.1, 0.15) is 0 Å². The van der Waals surface area contributed by atoms with Gasteiger partial charge in [0.05, 0.1) is 0 Å². The van der Waals surface area contributed by atoms with Crippen LogP contribution in [0.25, 0.3) is 0 Å². The second-order valence-corrected chi connectivity index (χ2v) is 12.2. The molecule has 0 amide bonds. The molecule has 0 aliphatic rings. The summed E-state index contributed by atoms with van der Waals surface area (Å²) in [6.07, 6.45) is 9.09. The molecule has 0 unspecified atom stereocenters. The van der Waals surface area contributed by atoms with Crippen LogP contribution in [0.15, 0.2) is 0 Å². The van der Waals surface area contributed by atoms with Crippen molar-refractivity contribution in [2.45, 2.75) is 59.3 Å². The van der Waals surface area contributed by atoms with E-state index in [0.717, 1.165) is 57.0 Å². The van der Waals surface area contributed by atoms with Crippen LogP contribution in [0.4, 0.5) is 0 Å². The van der Waals surface area contributed by atoms with Crippen molar-refractivity contribution in [3.8, 4) is 0 Å². The van der Waals surface area contributed by atoms with Gasteiger partial charge in [0.15, 0.2) is 0 Å². The molecular weight excluding hydrogens is 287 g/mol. The molecule has 5 heteroatoms. The molecule has 21 heavy (non-hydrogen) atoms. The summed E-state index contributed by atoms with van der Waals surface area (Å²) in [5.41, 5.74) is 0. The molecule has 0 aliphatic carbocycles. The summed E-state index contributed by atoms with van der Waals surface area (Å²) in [6.45, 7) is 5.93. The average molecular weight is 320 g/mol. The zero-order chi connectivity index (χ0) is 16.4. The van der Waals surface area contributed by atoms with Gasteiger partial charge in [-0.15, -0.1) is 0 Å². The molecule has 0 radical (unpaired) electrons. The molecule has 0 spiro atoms. The number of unbranched alkanes of at least 4 members (excludes halogenated alkanes) is 3. The second-order valence-electron chi connectivity index (χ2n) is 6.29. The first kappa shape index (κ1) is 20.4. The van der Waals surface area contributed by atoms with Crippen LogP contribution in [-0.2, 0) is 18.8 Å². The third-order valence-corrected chi connectivity index (χ3v) is 9.62. The molecule has 0 aromatic heterocycles. The predicted molar refractivity (Wildman–Crippen MR) is 90.3 cm³/mol. The van der Waals surface area contributed by atoms with Gasteiger partial charge in [-0.25, -0.2) is 0 Å². The first-order chi connectivity index (χ1) is 9.85. The van der Waals surface area contributed by atoms with Crippen molar-refractivity contribution in [3.63, 3.8) is 0 Å². The molecule has 0 N–H and O–H groups in total.